The number of halogens is 1. The number of nitro groups is 1. The topological polar surface area (TPSA) is 117 Å². The molecule has 0 bridgehead atoms. The molecule has 0 unspecified atom stereocenters. The first-order valence-corrected chi connectivity index (χ1v) is 11.7. The van der Waals surface area contributed by atoms with Gasteiger partial charge in [-0.15, -0.1) is 12.4 Å². The van der Waals surface area contributed by atoms with Gasteiger partial charge in [-0.25, -0.2) is 0 Å². The third kappa shape index (κ3) is 6.32. The number of benzene rings is 3. The van der Waals surface area contributed by atoms with Gasteiger partial charge in [0.25, 0.3) is 11.6 Å². The van der Waals surface area contributed by atoms with Crippen LogP contribution in [-0.2, 0) is 9.59 Å². The van der Waals surface area contributed by atoms with Gasteiger partial charge in [-0.2, -0.15) is 0 Å². The monoisotopic (exact) mass is 521 g/mol. The summed E-state index contributed by atoms with van der Waals surface area (Å²) in [6.07, 6.45) is 0. The molecule has 4 rings (SSSR count). The van der Waals surface area contributed by atoms with Gasteiger partial charge in [-0.3, -0.25) is 24.6 Å². The van der Waals surface area contributed by atoms with Crippen LogP contribution in [0.2, 0.25) is 0 Å². The maximum atomic E-state index is 13.0. The van der Waals surface area contributed by atoms with Crippen LogP contribution in [0, 0.1) is 10.1 Å². The largest absolute Gasteiger partial charge is 0.354 e. The molecule has 37 heavy (non-hydrogen) atoms. The highest BCUT2D eigenvalue weighted by molar-refractivity contribution is 6.37. The summed E-state index contributed by atoms with van der Waals surface area (Å²) in [4.78, 5) is 38.2. The van der Waals surface area contributed by atoms with Crippen molar-refractivity contribution in [2.75, 3.05) is 35.6 Å². The van der Waals surface area contributed by atoms with Gasteiger partial charge in [-0.05, 0) is 49.0 Å². The molecule has 192 valence electrons. The summed E-state index contributed by atoms with van der Waals surface area (Å²) in [7, 11) is 0. The summed E-state index contributed by atoms with van der Waals surface area (Å²) in [5, 5.41) is 20.4. The van der Waals surface area contributed by atoms with E-state index in [2.05, 4.69) is 16.0 Å². The van der Waals surface area contributed by atoms with E-state index in [0.29, 0.717) is 40.4 Å². The quantitative estimate of drug-likeness (QED) is 0.202. The summed E-state index contributed by atoms with van der Waals surface area (Å²) >= 11 is 0. The van der Waals surface area contributed by atoms with Gasteiger partial charge in [0.05, 0.1) is 22.7 Å². The van der Waals surface area contributed by atoms with Crippen molar-refractivity contribution in [3.63, 3.8) is 0 Å². The molecule has 10 heteroatoms. The van der Waals surface area contributed by atoms with Crippen molar-refractivity contribution in [3.05, 3.63) is 94.0 Å². The smallest absolute Gasteiger partial charge is 0.270 e. The second-order valence-corrected chi connectivity index (χ2v) is 8.27. The second kappa shape index (κ2) is 12.2. The van der Waals surface area contributed by atoms with E-state index in [1.807, 2.05) is 49.1 Å². The van der Waals surface area contributed by atoms with Crippen molar-refractivity contribution >= 4 is 58.2 Å². The van der Waals surface area contributed by atoms with Gasteiger partial charge in [0.1, 0.15) is 0 Å². The van der Waals surface area contributed by atoms with E-state index in [0.717, 1.165) is 18.7 Å². The maximum absolute atomic E-state index is 13.0. The molecule has 2 amide bonds. The number of rotatable bonds is 9. The fourth-order valence-corrected chi connectivity index (χ4v) is 4.03. The Morgan fingerprint density at radius 1 is 0.946 bits per heavy atom. The van der Waals surface area contributed by atoms with Crippen molar-refractivity contribution in [2.45, 2.75) is 13.8 Å². The molecule has 0 fully saturated rings. The Balaban J connectivity index is 0.00000380. The lowest BCUT2D eigenvalue weighted by Crippen LogP contribution is -2.32. The number of nitro benzene ring substituents is 1. The number of fused-ring (bicyclic) bond motifs is 1. The Bertz CT molecular complexity index is 1320. The van der Waals surface area contributed by atoms with Crippen molar-refractivity contribution in [1.82, 2.24) is 4.90 Å². The number of amides is 2. The summed E-state index contributed by atoms with van der Waals surface area (Å²) in [5.41, 5.74) is 3.81. The Kier molecular flexibility index (Phi) is 9.00. The van der Waals surface area contributed by atoms with Crippen LogP contribution >= 0.6 is 12.4 Å². The van der Waals surface area contributed by atoms with E-state index >= 15 is 0 Å². The molecule has 9 nitrogen and oxygen atoms in total. The maximum Gasteiger partial charge on any atom is 0.270 e. The molecule has 0 atom stereocenters. The van der Waals surface area contributed by atoms with Gasteiger partial charge in [0.15, 0.2) is 0 Å². The minimum Gasteiger partial charge on any atom is -0.354 e. The van der Waals surface area contributed by atoms with Crippen molar-refractivity contribution in [2.24, 2.45) is 0 Å². The number of anilines is 3. The van der Waals surface area contributed by atoms with Crippen LogP contribution < -0.4 is 16.0 Å². The molecule has 3 aromatic rings. The Labute approximate surface area is 221 Å². The van der Waals surface area contributed by atoms with Crippen LogP contribution in [0.25, 0.3) is 11.3 Å². The first-order valence-electron chi connectivity index (χ1n) is 11.7. The molecule has 0 aromatic heterocycles. The van der Waals surface area contributed by atoms with Gasteiger partial charge < -0.3 is 16.0 Å². The van der Waals surface area contributed by atoms with Gasteiger partial charge >= 0.3 is 0 Å². The van der Waals surface area contributed by atoms with E-state index < -0.39 is 4.92 Å². The minimum absolute atomic E-state index is 0. The predicted molar refractivity (Wildman–Crippen MR) is 149 cm³/mol. The molecule has 1 aliphatic rings. The molecule has 0 radical (unpaired) electrons. The van der Waals surface area contributed by atoms with E-state index in [-0.39, 0.29) is 29.9 Å². The Morgan fingerprint density at radius 3 is 2.16 bits per heavy atom. The molecule has 0 aliphatic carbocycles. The predicted octanol–water partition coefficient (Wildman–Crippen LogP) is 5.23. The van der Waals surface area contributed by atoms with Crippen molar-refractivity contribution in [3.8, 4) is 0 Å². The van der Waals surface area contributed by atoms with Crippen molar-refractivity contribution in [1.29, 1.82) is 0 Å². The lowest BCUT2D eigenvalue weighted by molar-refractivity contribution is -0.384. The van der Waals surface area contributed by atoms with E-state index in [1.165, 1.54) is 18.2 Å². The van der Waals surface area contributed by atoms with Gasteiger partial charge in [0, 0.05) is 34.8 Å². The van der Waals surface area contributed by atoms with E-state index in [1.54, 1.807) is 24.3 Å². The number of likely N-dealkylation sites (N-methyl/N-ethyl adjacent to an activating group) is 1. The molecular formula is C27H28ClN5O4. The third-order valence-corrected chi connectivity index (χ3v) is 5.97. The number of carbonyl (C=O) groups is 2. The van der Waals surface area contributed by atoms with Crippen LogP contribution in [0.4, 0.5) is 22.7 Å². The molecule has 3 aromatic carbocycles. The van der Waals surface area contributed by atoms with E-state index in [4.69, 9.17) is 0 Å². The van der Waals surface area contributed by atoms with E-state index in [9.17, 15) is 19.7 Å². The minimum atomic E-state index is -0.483. The summed E-state index contributed by atoms with van der Waals surface area (Å²) in [6.45, 7) is 5.93. The first kappa shape index (κ1) is 27.4. The molecule has 1 heterocycles. The molecule has 0 saturated carbocycles. The number of carbonyl (C=O) groups excluding carboxylic acids is 2. The van der Waals surface area contributed by atoms with Gasteiger partial charge in [-0.1, -0.05) is 44.2 Å². The third-order valence-electron chi connectivity index (χ3n) is 5.97. The fraction of sp³-hybridized carbons (Fsp3) is 0.185. The standard InChI is InChI=1S/C27H27N5O4.ClH/c1-3-31(4-2)17-24(33)28-19-10-12-20(13-11-19)29-26(18-8-6-5-7-9-18)25-22-16-21(32(35)36)14-15-23(22)30-27(25)34;/h5-16,29H,3-4,17H2,1-2H3,(H,28,33)(H,30,34);1H/b26-25-;. The highest BCUT2D eigenvalue weighted by Crippen LogP contribution is 2.39. The number of nitrogens with zero attached hydrogens (tertiary/aromatic N) is 2. The SMILES string of the molecule is CCN(CC)CC(=O)Nc1ccc(N/C(=C2\C(=O)Nc3ccc([N+](=O)[O-])cc32)c2ccccc2)cc1.Cl. The zero-order valence-corrected chi connectivity index (χ0v) is 21.3. The summed E-state index contributed by atoms with van der Waals surface area (Å²) in [6, 6.07) is 20.8. The number of non-ortho nitro benzene ring substituents is 1. The summed E-state index contributed by atoms with van der Waals surface area (Å²) in [5.74, 6) is -0.440. The first-order chi connectivity index (χ1) is 17.4. The lowest BCUT2D eigenvalue weighted by Gasteiger charge is -2.17. The molecule has 0 spiro atoms. The van der Waals surface area contributed by atoms with Crippen LogP contribution in [0.3, 0.4) is 0 Å². The fourth-order valence-electron chi connectivity index (χ4n) is 4.03. The van der Waals surface area contributed by atoms with Crippen LogP contribution in [-0.4, -0.2) is 41.3 Å². The Hall–Kier alpha value is -4.21. The molecular weight excluding hydrogens is 494 g/mol. The number of hydrogen-bond acceptors (Lipinski definition) is 6. The zero-order valence-electron chi connectivity index (χ0n) is 20.5. The Morgan fingerprint density at radius 2 is 1.57 bits per heavy atom. The van der Waals surface area contributed by atoms with Crippen LogP contribution in [0.5, 0.6) is 0 Å². The second-order valence-electron chi connectivity index (χ2n) is 8.27. The van der Waals surface area contributed by atoms with Crippen LogP contribution in [0.15, 0.2) is 72.8 Å². The molecule has 3 N–H and O–H groups in total. The normalized spacial score (nSPS) is 13.3. The van der Waals surface area contributed by atoms with Crippen LogP contribution in [0.1, 0.15) is 25.0 Å². The highest BCUT2D eigenvalue weighted by atomic mass is 35.5. The number of hydrogen-bond donors (Lipinski definition) is 3. The average Bonchev–Trinajstić information content (AvgIpc) is 3.22. The lowest BCUT2D eigenvalue weighted by atomic mass is 9.99. The molecule has 0 saturated heterocycles. The van der Waals surface area contributed by atoms with Gasteiger partial charge in [0.2, 0.25) is 5.91 Å². The van der Waals surface area contributed by atoms with Crippen molar-refractivity contribution < 1.29 is 14.5 Å². The highest BCUT2D eigenvalue weighted by Gasteiger charge is 2.30. The summed E-state index contributed by atoms with van der Waals surface area (Å²) < 4.78 is 0. The number of nitrogens with one attached hydrogen (secondary N) is 3. The average molecular weight is 522 g/mol. The molecule has 1 aliphatic heterocycles. The zero-order chi connectivity index (χ0) is 25.7.